The first-order valence-corrected chi connectivity index (χ1v) is 4.51. The van der Waals surface area contributed by atoms with Gasteiger partial charge < -0.3 is 20.6 Å². The van der Waals surface area contributed by atoms with Crippen molar-refractivity contribution in [3.63, 3.8) is 0 Å². The van der Waals surface area contributed by atoms with E-state index >= 15 is 0 Å². The van der Waals surface area contributed by atoms with Crippen LogP contribution in [0.25, 0.3) is 0 Å². The summed E-state index contributed by atoms with van der Waals surface area (Å²) in [5.74, 6) is 0. The van der Waals surface area contributed by atoms with Gasteiger partial charge in [0, 0.05) is 32.7 Å². The molecule has 13 heavy (non-hydrogen) atoms. The number of aliphatic hydroxyl groups excluding tert-OH is 1. The number of urea groups is 1. The Hall–Kier alpha value is -0.810. The van der Waals surface area contributed by atoms with Crippen molar-refractivity contribution >= 4 is 6.03 Å². The Kier molecular flexibility index (Phi) is 3.50. The van der Waals surface area contributed by atoms with Crippen LogP contribution in [-0.4, -0.2) is 60.3 Å². The van der Waals surface area contributed by atoms with Crippen LogP contribution < -0.4 is 5.73 Å². The van der Waals surface area contributed by atoms with Gasteiger partial charge in [0.05, 0.1) is 6.61 Å². The first-order valence-electron chi connectivity index (χ1n) is 4.51. The molecule has 0 saturated carbocycles. The summed E-state index contributed by atoms with van der Waals surface area (Å²) in [6, 6.07) is -0.314. The minimum Gasteiger partial charge on any atom is -0.395 e. The predicted molar refractivity (Wildman–Crippen MR) is 49.3 cm³/mol. The topological polar surface area (TPSA) is 69.8 Å². The molecule has 1 aliphatic heterocycles. The Morgan fingerprint density at radius 1 is 1.62 bits per heavy atom. The van der Waals surface area contributed by atoms with Gasteiger partial charge in [-0.25, -0.2) is 4.79 Å². The zero-order chi connectivity index (χ0) is 9.84. The van der Waals surface area contributed by atoms with Crippen molar-refractivity contribution in [3.05, 3.63) is 0 Å². The van der Waals surface area contributed by atoms with Crippen molar-refractivity contribution in [2.45, 2.75) is 12.5 Å². The summed E-state index contributed by atoms with van der Waals surface area (Å²) >= 11 is 0. The fourth-order valence-corrected chi connectivity index (χ4v) is 1.44. The predicted octanol–water partition coefficient (Wildman–Crippen LogP) is -0.936. The molecular formula is C8H17N3O2. The van der Waals surface area contributed by atoms with Gasteiger partial charge >= 0.3 is 6.03 Å². The van der Waals surface area contributed by atoms with Gasteiger partial charge in [-0.05, 0) is 6.42 Å². The Balaban J connectivity index is 2.44. The number of nitrogens with zero attached hydrogens (tertiary/aromatic N) is 2. The average molecular weight is 187 g/mol. The van der Waals surface area contributed by atoms with Crippen LogP contribution in [0, 0.1) is 0 Å². The highest BCUT2D eigenvalue weighted by atomic mass is 16.3. The molecule has 1 unspecified atom stereocenters. The molecule has 76 valence electrons. The molecule has 2 amide bonds. The fourth-order valence-electron chi connectivity index (χ4n) is 1.44. The third kappa shape index (κ3) is 2.57. The number of hydrogen-bond donors (Lipinski definition) is 2. The van der Waals surface area contributed by atoms with Gasteiger partial charge in [0.1, 0.15) is 0 Å². The van der Waals surface area contributed by atoms with Crippen molar-refractivity contribution in [3.8, 4) is 0 Å². The van der Waals surface area contributed by atoms with Crippen LogP contribution in [0.15, 0.2) is 0 Å². The molecule has 0 bridgehead atoms. The van der Waals surface area contributed by atoms with Crippen molar-refractivity contribution in [2.24, 2.45) is 5.73 Å². The molecule has 1 rings (SSSR count). The van der Waals surface area contributed by atoms with Crippen LogP contribution in [0.3, 0.4) is 0 Å². The van der Waals surface area contributed by atoms with Gasteiger partial charge in [0.25, 0.3) is 0 Å². The molecule has 5 nitrogen and oxygen atoms in total. The van der Waals surface area contributed by atoms with Gasteiger partial charge in [0.2, 0.25) is 0 Å². The van der Waals surface area contributed by atoms with E-state index in [2.05, 4.69) is 0 Å². The van der Waals surface area contributed by atoms with Crippen LogP contribution in [-0.2, 0) is 0 Å². The third-order valence-electron chi connectivity index (χ3n) is 2.21. The highest BCUT2D eigenvalue weighted by Crippen LogP contribution is 2.06. The SMILES string of the molecule is CN1CCCN(CC(N)CO)C1=O. The summed E-state index contributed by atoms with van der Waals surface area (Å²) in [6.07, 6.45) is 0.973. The standard InChI is InChI=1S/C8H17N3O2/c1-10-3-2-4-11(8(10)13)5-7(9)6-12/h7,12H,2-6,9H2,1H3. The number of amides is 2. The van der Waals surface area contributed by atoms with E-state index in [1.165, 1.54) is 0 Å². The molecule has 0 aliphatic carbocycles. The van der Waals surface area contributed by atoms with Gasteiger partial charge in [-0.2, -0.15) is 0 Å². The number of carbonyl (C=O) groups excluding carboxylic acids is 1. The maximum Gasteiger partial charge on any atom is 0.319 e. The van der Waals surface area contributed by atoms with E-state index in [-0.39, 0.29) is 18.7 Å². The van der Waals surface area contributed by atoms with Crippen LogP contribution in [0.1, 0.15) is 6.42 Å². The van der Waals surface area contributed by atoms with E-state index in [9.17, 15) is 4.79 Å². The first-order chi connectivity index (χ1) is 6.15. The zero-order valence-corrected chi connectivity index (χ0v) is 7.94. The van der Waals surface area contributed by atoms with Crippen LogP contribution in [0.5, 0.6) is 0 Å². The number of nitrogens with two attached hydrogens (primary N) is 1. The molecule has 1 atom stereocenters. The quantitative estimate of drug-likeness (QED) is 0.599. The van der Waals surface area contributed by atoms with Crippen molar-refractivity contribution in [1.29, 1.82) is 0 Å². The van der Waals surface area contributed by atoms with Gasteiger partial charge in [-0.15, -0.1) is 0 Å². The lowest BCUT2D eigenvalue weighted by Gasteiger charge is -2.34. The zero-order valence-electron chi connectivity index (χ0n) is 7.94. The minimum atomic E-state index is -0.324. The first kappa shape index (κ1) is 10.3. The van der Waals surface area contributed by atoms with Gasteiger partial charge in [-0.3, -0.25) is 0 Å². The number of rotatable bonds is 3. The smallest absolute Gasteiger partial charge is 0.319 e. The third-order valence-corrected chi connectivity index (χ3v) is 2.21. The monoisotopic (exact) mass is 187 g/mol. The van der Waals surface area contributed by atoms with E-state index in [1.807, 2.05) is 0 Å². The van der Waals surface area contributed by atoms with Gasteiger partial charge in [-0.1, -0.05) is 0 Å². The van der Waals surface area contributed by atoms with Crippen molar-refractivity contribution in [1.82, 2.24) is 9.80 Å². The van der Waals surface area contributed by atoms with E-state index < -0.39 is 0 Å². The molecule has 1 heterocycles. The van der Waals surface area contributed by atoms with E-state index in [0.717, 1.165) is 19.5 Å². The Morgan fingerprint density at radius 3 is 2.92 bits per heavy atom. The lowest BCUT2D eigenvalue weighted by Crippen LogP contribution is -2.51. The minimum absolute atomic E-state index is 0.00940. The molecule has 0 radical (unpaired) electrons. The normalized spacial score (nSPS) is 20.7. The second kappa shape index (κ2) is 4.43. The molecule has 0 spiro atoms. The van der Waals surface area contributed by atoms with E-state index in [0.29, 0.717) is 6.54 Å². The Morgan fingerprint density at radius 2 is 2.31 bits per heavy atom. The van der Waals surface area contributed by atoms with E-state index in [4.69, 9.17) is 10.8 Å². The molecule has 1 aliphatic rings. The molecule has 0 aromatic heterocycles. The lowest BCUT2D eigenvalue weighted by molar-refractivity contribution is 0.131. The largest absolute Gasteiger partial charge is 0.395 e. The Labute approximate surface area is 78.1 Å². The number of hydrogen-bond acceptors (Lipinski definition) is 3. The highest BCUT2D eigenvalue weighted by Gasteiger charge is 2.23. The summed E-state index contributed by atoms with van der Waals surface area (Å²) in [5.41, 5.74) is 5.55. The van der Waals surface area contributed by atoms with E-state index in [1.54, 1.807) is 16.8 Å². The summed E-state index contributed by atoms with van der Waals surface area (Å²) in [6.45, 7) is 1.92. The fraction of sp³-hybridized carbons (Fsp3) is 0.875. The maximum atomic E-state index is 11.5. The lowest BCUT2D eigenvalue weighted by atomic mass is 10.2. The molecule has 1 fully saturated rings. The van der Waals surface area contributed by atoms with Gasteiger partial charge in [0.15, 0.2) is 0 Å². The number of carbonyl (C=O) groups is 1. The highest BCUT2D eigenvalue weighted by molar-refractivity contribution is 5.74. The van der Waals surface area contributed by atoms with Crippen LogP contribution in [0.4, 0.5) is 4.79 Å². The van der Waals surface area contributed by atoms with Crippen LogP contribution in [0.2, 0.25) is 0 Å². The summed E-state index contributed by atoms with van der Waals surface area (Å²) in [4.78, 5) is 14.9. The molecular weight excluding hydrogens is 170 g/mol. The maximum absolute atomic E-state index is 11.5. The number of aliphatic hydroxyl groups is 1. The second-order valence-corrected chi connectivity index (χ2v) is 3.45. The molecule has 0 aromatic carbocycles. The molecule has 3 N–H and O–H groups in total. The Bertz CT molecular complexity index is 186. The molecule has 0 aromatic rings. The average Bonchev–Trinajstić information content (AvgIpc) is 2.13. The summed E-state index contributed by atoms with van der Waals surface area (Å²) in [5, 5.41) is 8.74. The molecule has 1 saturated heterocycles. The summed E-state index contributed by atoms with van der Waals surface area (Å²) in [7, 11) is 1.78. The van der Waals surface area contributed by atoms with Crippen LogP contribution >= 0.6 is 0 Å². The second-order valence-electron chi connectivity index (χ2n) is 3.45. The molecule has 5 heteroatoms. The van der Waals surface area contributed by atoms with Crippen molar-refractivity contribution in [2.75, 3.05) is 33.3 Å². The van der Waals surface area contributed by atoms with Crippen molar-refractivity contribution < 1.29 is 9.90 Å². The summed E-state index contributed by atoms with van der Waals surface area (Å²) < 4.78 is 0.